The first-order valence-electron chi connectivity index (χ1n) is 5.80. The highest BCUT2D eigenvalue weighted by Crippen LogP contribution is 2.19. The van der Waals surface area contributed by atoms with Gasteiger partial charge in [-0.3, -0.25) is 4.79 Å². The lowest BCUT2D eigenvalue weighted by Gasteiger charge is -2.32. The van der Waals surface area contributed by atoms with Crippen molar-refractivity contribution in [2.75, 3.05) is 12.3 Å². The third-order valence-corrected chi connectivity index (χ3v) is 3.73. The van der Waals surface area contributed by atoms with E-state index in [-0.39, 0.29) is 12.3 Å². The number of carboxylic acids is 1. The molecule has 1 unspecified atom stereocenters. The average Bonchev–Trinajstić information content (AvgIpc) is 2.74. The maximum Gasteiger partial charge on any atom is 0.326 e. The zero-order valence-corrected chi connectivity index (χ0v) is 10.7. The molecule has 2 heterocycles. The molecule has 18 heavy (non-hydrogen) atoms. The van der Waals surface area contributed by atoms with Crippen molar-refractivity contribution in [3.05, 3.63) is 11.1 Å². The molecule has 0 aromatic carbocycles. The number of aromatic nitrogens is 1. The number of carbonyl (C=O) groups is 2. The second kappa shape index (κ2) is 5.34. The highest BCUT2D eigenvalue weighted by atomic mass is 32.1. The molecule has 6 nitrogen and oxygen atoms in total. The Morgan fingerprint density at radius 2 is 2.33 bits per heavy atom. The topological polar surface area (TPSA) is 96.5 Å². The lowest BCUT2D eigenvalue weighted by Crippen LogP contribution is -2.48. The molecule has 2 rings (SSSR count). The Morgan fingerprint density at radius 1 is 1.56 bits per heavy atom. The number of carbonyl (C=O) groups excluding carboxylic acids is 1. The molecule has 1 atom stereocenters. The van der Waals surface area contributed by atoms with E-state index in [0.29, 0.717) is 23.8 Å². The molecule has 1 aromatic heterocycles. The number of piperidine rings is 1. The molecule has 1 aliphatic rings. The zero-order chi connectivity index (χ0) is 13.1. The Labute approximate surface area is 108 Å². The molecule has 3 N–H and O–H groups in total. The van der Waals surface area contributed by atoms with Crippen molar-refractivity contribution in [2.45, 2.75) is 31.7 Å². The number of hydrogen-bond acceptors (Lipinski definition) is 5. The van der Waals surface area contributed by atoms with Crippen molar-refractivity contribution in [3.63, 3.8) is 0 Å². The van der Waals surface area contributed by atoms with Gasteiger partial charge in [0.1, 0.15) is 6.04 Å². The Hall–Kier alpha value is -1.63. The SMILES string of the molecule is Nc1nc(CC(=O)N2CCCCC2C(=O)O)cs1. The normalized spacial score (nSPS) is 19.8. The molecule has 98 valence electrons. The summed E-state index contributed by atoms with van der Waals surface area (Å²) in [5.74, 6) is -1.12. The molecule has 0 spiro atoms. The van der Waals surface area contributed by atoms with Crippen LogP contribution in [-0.4, -0.2) is 39.5 Å². The second-order valence-electron chi connectivity index (χ2n) is 4.29. The van der Waals surface area contributed by atoms with E-state index in [4.69, 9.17) is 10.8 Å². The molecule has 1 saturated heterocycles. The van der Waals surface area contributed by atoms with Crippen molar-refractivity contribution in [3.8, 4) is 0 Å². The van der Waals surface area contributed by atoms with E-state index >= 15 is 0 Å². The van der Waals surface area contributed by atoms with E-state index in [2.05, 4.69) is 4.98 Å². The van der Waals surface area contributed by atoms with Crippen LogP contribution in [0.2, 0.25) is 0 Å². The van der Waals surface area contributed by atoms with Crippen LogP contribution in [0.3, 0.4) is 0 Å². The largest absolute Gasteiger partial charge is 0.480 e. The Kier molecular flexibility index (Phi) is 3.81. The number of amides is 1. The maximum absolute atomic E-state index is 12.1. The first-order valence-corrected chi connectivity index (χ1v) is 6.68. The third-order valence-electron chi connectivity index (χ3n) is 3.01. The van der Waals surface area contributed by atoms with Gasteiger partial charge in [-0.05, 0) is 19.3 Å². The lowest BCUT2D eigenvalue weighted by molar-refractivity contribution is -0.151. The summed E-state index contributed by atoms with van der Waals surface area (Å²) >= 11 is 1.28. The minimum atomic E-state index is -0.930. The number of carboxylic acid groups (broad SMARTS) is 1. The molecule has 7 heteroatoms. The van der Waals surface area contributed by atoms with E-state index < -0.39 is 12.0 Å². The summed E-state index contributed by atoms with van der Waals surface area (Å²) in [7, 11) is 0. The van der Waals surface area contributed by atoms with Gasteiger partial charge in [-0.1, -0.05) is 0 Å². The number of aliphatic carboxylic acids is 1. The number of nitrogen functional groups attached to an aromatic ring is 1. The van der Waals surface area contributed by atoms with Crippen LogP contribution in [0, 0.1) is 0 Å². The average molecular weight is 269 g/mol. The summed E-state index contributed by atoms with van der Waals surface area (Å²) in [5, 5.41) is 11.3. The van der Waals surface area contributed by atoms with Crippen molar-refractivity contribution in [1.29, 1.82) is 0 Å². The van der Waals surface area contributed by atoms with Crippen LogP contribution in [0.15, 0.2) is 5.38 Å². The fraction of sp³-hybridized carbons (Fsp3) is 0.545. The van der Waals surface area contributed by atoms with E-state index in [1.54, 1.807) is 5.38 Å². The maximum atomic E-state index is 12.1. The van der Waals surface area contributed by atoms with Crippen LogP contribution in [0.25, 0.3) is 0 Å². The minimum Gasteiger partial charge on any atom is -0.480 e. The monoisotopic (exact) mass is 269 g/mol. The number of nitrogens with two attached hydrogens (primary N) is 1. The van der Waals surface area contributed by atoms with Gasteiger partial charge in [0.15, 0.2) is 5.13 Å². The molecular formula is C11H15N3O3S. The highest BCUT2D eigenvalue weighted by Gasteiger charge is 2.31. The van der Waals surface area contributed by atoms with Gasteiger partial charge in [0, 0.05) is 11.9 Å². The molecule has 0 radical (unpaired) electrons. The summed E-state index contributed by atoms with van der Waals surface area (Å²) < 4.78 is 0. The molecule has 1 aliphatic heterocycles. The number of thiazole rings is 1. The van der Waals surface area contributed by atoms with Crippen LogP contribution in [0.1, 0.15) is 25.0 Å². The van der Waals surface area contributed by atoms with Gasteiger partial charge in [-0.2, -0.15) is 0 Å². The summed E-state index contributed by atoms with van der Waals surface area (Å²) in [6.45, 7) is 0.509. The minimum absolute atomic E-state index is 0.123. The van der Waals surface area contributed by atoms with Gasteiger partial charge in [0.25, 0.3) is 0 Å². The number of likely N-dealkylation sites (tertiary alicyclic amines) is 1. The quantitative estimate of drug-likeness (QED) is 0.843. The smallest absolute Gasteiger partial charge is 0.326 e. The number of rotatable bonds is 3. The first kappa shape index (κ1) is 12.8. The van der Waals surface area contributed by atoms with Gasteiger partial charge in [0.05, 0.1) is 12.1 Å². The van der Waals surface area contributed by atoms with Crippen LogP contribution in [-0.2, 0) is 16.0 Å². The first-order chi connectivity index (χ1) is 8.58. The standard InChI is InChI=1S/C11H15N3O3S/c12-11-13-7(6-18-11)5-9(15)14-4-2-1-3-8(14)10(16)17/h6,8H,1-5H2,(H2,12,13)(H,16,17). The molecule has 1 aromatic rings. The molecular weight excluding hydrogens is 254 g/mol. The summed E-state index contributed by atoms with van der Waals surface area (Å²) in [6, 6.07) is -0.692. The van der Waals surface area contributed by atoms with E-state index in [1.807, 2.05) is 0 Å². The summed E-state index contributed by atoms with van der Waals surface area (Å²) in [4.78, 5) is 28.6. The zero-order valence-electron chi connectivity index (χ0n) is 9.83. The molecule has 1 amide bonds. The number of anilines is 1. The van der Waals surface area contributed by atoms with Crippen molar-refractivity contribution < 1.29 is 14.7 Å². The molecule has 0 aliphatic carbocycles. The van der Waals surface area contributed by atoms with Crippen LogP contribution >= 0.6 is 11.3 Å². The van der Waals surface area contributed by atoms with Crippen molar-refractivity contribution >= 4 is 28.3 Å². The molecule has 1 fully saturated rings. The van der Waals surface area contributed by atoms with E-state index in [0.717, 1.165) is 12.8 Å². The Balaban J connectivity index is 2.04. The Bertz CT molecular complexity index is 460. The third kappa shape index (κ3) is 2.79. The van der Waals surface area contributed by atoms with Gasteiger partial charge >= 0.3 is 5.97 Å². The van der Waals surface area contributed by atoms with E-state index in [1.165, 1.54) is 16.2 Å². The van der Waals surface area contributed by atoms with Crippen LogP contribution in [0.5, 0.6) is 0 Å². The predicted molar refractivity (Wildman–Crippen MR) is 67.2 cm³/mol. The van der Waals surface area contributed by atoms with Gasteiger partial charge < -0.3 is 15.7 Å². The van der Waals surface area contributed by atoms with Gasteiger partial charge in [-0.25, -0.2) is 9.78 Å². The second-order valence-corrected chi connectivity index (χ2v) is 5.18. The summed E-state index contributed by atoms with van der Waals surface area (Å²) in [6.07, 6.45) is 2.36. The molecule has 0 bridgehead atoms. The fourth-order valence-electron chi connectivity index (χ4n) is 2.15. The predicted octanol–water partition coefficient (Wildman–Crippen LogP) is 0.733. The molecule has 0 saturated carbocycles. The number of nitrogens with zero attached hydrogens (tertiary/aromatic N) is 2. The van der Waals surface area contributed by atoms with Crippen molar-refractivity contribution in [1.82, 2.24) is 9.88 Å². The lowest BCUT2D eigenvalue weighted by atomic mass is 10.0. The number of hydrogen-bond donors (Lipinski definition) is 2. The van der Waals surface area contributed by atoms with E-state index in [9.17, 15) is 9.59 Å². The van der Waals surface area contributed by atoms with Gasteiger partial charge in [0.2, 0.25) is 5.91 Å². The summed E-state index contributed by atoms with van der Waals surface area (Å²) in [5.41, 5.74) is 6.11. The van der Waals surface area contributed by atoms with Crippen LogP contribution in [0.4, 0.5) is 5.13 Å². The van der Waals surface area contributed by atoms with Crippen molar-refractivity contribution in [2.24, 2.45) is 0 Å². The Morgan fingerprint density at radius 3 is 2.94 bits per heavy atom. The highest BCUT2D eigenvalue weighted by molar-refractivity contribution is 7.13. The van der Waals surface area contributed by atoms with Crippen LogP contribution < -0.4 is 5.73 Å². The van der Waals surface area contributed by atoms with Gasteiger partial charge in [-0.15, -0.1) is 11.3 Å². The fourth-order valence-corrected chi connectivity index (χ4v) is 2.71.